The van der Waals surface area contributed by atoms with Crippen LogP contribution in [0.2, 0.25) is 0 Å². The van der Waals surface area contributed by atoms with Crippen molar-refractivity contribution in [3.8, 4) is 0 Å². The van der Waals surface area contributed by atoms with E-state index in [1.807, 2.05) is 24.0 Å². The van der Waals surface area contributed by atoms with Crippen LogP contribution < -0.4 is 10.6 Å². The Labute approximate surface area is 100 Å². The summed E-state index contributed by atoms with van der Waals surface area (Å²) in [6.07, 6.45) is 0.494. The number of aliphatic hydroxyl groups is 1. The molecule has 1 aromatic heterocycles. The molecule has 3 N–H and O–H groups in total. The van der Waals surface area contributed by atoms with E-state index in [4.69, 9.17) is 18.0 Å². The summed E-state index contributed by atoms with van der Waals surface area (Å²) in [6.45, 7) is 3.33. The van der Waals surface area contributed by atoms with Crippen LogP contribution in [0.25, 0.3) is 0 Å². The zero-order valence-electron chi connectivity index (χ0n) is 9.18. The number of hydrogen-bond donors (Lipinski definition) is 2. The first kappa shape index (κ1) is 11.3. The smallest absolute Gasteiger partial charge is 0.139 e. The van der Waals surface area contributed by atoms with E-state index < -0.39 is 0 Å². The predicted molar refractivity (Wildman–Crippen MR) is 67.7 cm³/mol. The Morgan fingerprint density at radius 2 is 2.38 bits per heavy atom. The van der Waals surface area contributed by atoms with Crippen molar-refractivity contribution in [1.29, 1.82) is 0 Å². The van der Waals surface area contributed by atoms with Crippen molar-refractivity contribution >= 4 is 23.0 Å². The summed E-state index contributed by atoms with van der Waals surface area (Å²) >= 11 is 5.01. The number of aliphatic hydroxyl groups excluding tert-OH is 1. The summed E-state index contributed by atoms with van der Waals surface area (Å²) in [4.78, 5) is 6.84. The van der Waals surface area contributed by atoms with Crippen LogP contribution in [0, 0.1) is 6.92 Å². The molecule has 1 atom stereocenters. The van der Waals surface area contributed by atoms with E-state index in [-0.39, 0.29) is 6.10 Å². The van der Waals surface area contributed by atoms with E-state index in [0.29, 0.717) is 11.5 Å². The number of thiocarbonyl (C=S) groups is 1. The molecule has 4 nitrogen and oxygen atoms in total. The number of β-amino-alcohol motifs (C(OH)–C–C–N with tert-alkyl or cyclic N) is 1. The molecule has 2 heterocycles. The van der Waals surface area contributed by atoms with Crippen LogP contribution in [0.5, 0.6) is 0 Å². The zero-order chi connectivity index (χ0) is 11.7. The molecule has 5 heteroatoms. The van der Waals surface area contributed by atoms with Gasteiger partial charge in [0.1, 0.15) is 10.8 Å². The molecule has 0 bridgehead atoms. The lowest BCUT2D eigenvalue weighted by Gasteiger charge is -2.20. The molecule has 1 aromatic rings. The third-order valence-corrected chi connectivity index (χ3v) is 2.96. The largest absolute Gasteiger partial charge is 0.391 e. The predicted octanol–water partition coefficient (Wildman–Crippen LogP) is 0.595. The van der Waals surface area contributed by atoms with Crippen molar-refractivity contribution in [2.24, 2.45) is 5.73 Å². The summed E-state index contributed by atoms with van der Waals surface area (Å²) in [5, 5.41) is 9.53. The standard InChI is InChI=1S/C11H15N3OS/c1-7-2-3-9(10(12)16)11(13-7)14-5-4-8(15)6-14/h2-3,8,15H,4-6H2,1H3,(H2,12,16). The molecule has 1 aliphatic rings. The molecule has 0 saturated carbocycles. The van der Waals surface area contributed by atoms with Crippen molar-refractivity contribution in [2.75, 3.05) is 18.0 Å². The highest BCUT2D eigenvalue weighted by atomic mass is 32.1. The summed E-state index contributed by atoms with van der Waals surface area (Å²) in [6, 6.07) is 3.79. The van der Waals surface area contributed by atoms with E-state index in [9.17, 15) is 5.11 Å². The first-order valence-electron chi connectivity index (χ1n) is 5.28. The molecule has 1 unspecified atom stereocenters. The van der Waals surface area contributed by atoms with Crippen molar-refractivity contribution < 1.29 is 5.11 Å². The average Bonchev–Trinajstić information content (AvgIpc) is 2.64. The number of aryl methyl sites for hydroxylation is 1. The molecule has 1 aliphatic heterocycles. The second-order valence-electron chi connectivity index (χ2n) is 4.08. The van der Waals surface area contributed by atoms with Crippen molar-refractivity contribution in [1.82, 2.24) is 4.98 Å². The fraction of sp³-hybridized carbons (Fsp3) is 0.455. The molecule has 1 fully saturated rings. The van der Waals surface area contributed by atoms with Gasteiger partial charge in [0.15, 0.2) is 0 Å². The fourth-order valence-corrected chi connectivity index (χ4v) is 2.07. The lowest BCUT2D eigenvalue weighted by Crippen LogP contribution is -2.26. The number of anilines is 1. The van der Waals surface area contributed by atoms with Crippen molar-refractivity contribution in [2.45, 2.75) is 19.4 Å². The number of pyridine rings is 1. The van der Waals surface area contributed by atoms with Crippen molar-refractivity contribution in [3.63, 3.8) is 0 Å². The minimum absolute atomic E-state index is 0.276. The minimum Gasteiger partial charge on any atom is -0.391 e. The molecule has 0 spiro atoms. The molecule has 0 radical (unpaired) electrons. The molecule has 2 rings (SSSR count). The van der Waals surface area contributed by atoms with Gasteiger partial charge in [-0.05, 0) is 25.5 Å². The third-order valence-electron chi connectivity index (χ3n) is 2.74. The van der Waals surface area contributed by atoms with Crippen LogP contribution in [0.1, 0.15) is 17.7 Å². The Kier molecular flexibility index (Phi) is 3.07. The summed E-state index contributed by atoms with van der Waals surface area (Å²) in [5.74, 6) is 0.795. The lowest BCUT2D eigenvalue weighted by atomic mass is 10.2. The molecular formula is C11H15N3OS. The average molecular weight is 237 g/mol. The zero-order valence-corrected chi connectivity index (χ0v) is 10.00. The van der Waals surface area contributed by atoms with Gasteiger partial charge in [0.25, 0.3) is 0 Å². The molecular weight excluding hydrogens is 222 g/mol. The number of rotatable bonds is 2. The summed E-state index contributed by atoms with van der Waals surface area (Å²) in [5.41, 5.74) is 7.38. The maximum Gasteiger partial charge on any atom is 0.139 e. The highest BCUT2D eigenvalue weighted by Gasteiger charge is 2.24. The van der Waals surface area contributed by atoms with Gasteiger partial charge in [-0.2, -0.15) is 0 Å². The Morgan fingerprint density at radius 1 is 1.62 bits per heavy atom. The monoisotopic (exact) mass is 237 g/mol. The van der Waals surface area contributed by atoms with Gasteiger partial charge in [-0.25, -0.2) is 4.98 Å². The number of nitrogens with two attached hydrogens (primary N) is 1. The van der Waals surface area contributed by atoms with E-state index >= 15 is 0 Å². The van der Waals surface area contributed by atoms with Gasteiger partial charge in [0.2, 0.25) is 0 Å². The van der Waals surface area contributed by atoms with Crippen molar-refractivity contribution in [3.05, 3.63) is 23.4 Å². The van der Waals surface area contributed by atoms with Gasteiger partial charge in [0, 0.05) is 18.8 Å². The summed E-state index contributed by atoms with van der Waals surface area (Å²) < 4.78 is 0. The maximum absolute atomic E-state index is 9.53. The van der Waals surface area contributed by atoms with E-state index in [2.05, 4.69) is 4.98 Å². The molecule has 16 heavy (non-hydrogen) atoms. The van der Waals surface area contributed by atoms with Crippen LogP contribution >= 0.6 is 12.2 Å². The van der Waals surface area contributed by atoms with E-state index in [0.717, 1.165) is 30.0 Å². The maximum atomic E-state index is 9.53. The fourth-order valence-electron chi connectivity index (χ4n) is 1.91. The Bertz CT molecular complexity index is 422. The van der Waals surface area contributed by atoms with Gasteiger partial charge in [-0.3, -0.25) is 0 Å². The Balaban J connectivity index is 2.37. The molecule has 0 amide bonds. The quantitative estimate of drug-likeness (QED) is 0.737. The summed E-state index contributed by atoms with van der Waals surface area (Å²) in [7, 11) is 0. The number of hydrogen-bond acceptors (Lipinski definition) is 4. The van der Waals surface area contributed by atoms with Gasteiger partial charge >= 0.3 is 0 Å². The second-order valence-corrected chi connectivity index (χ2v) is 4.52. The third kappa shape index (κ3) is 2.15. The molecule has 0 aromatic carbocycles. The van der Waals surface area contributed by atoms with Gasteiger partial charge < -0.3 is 15.7 Å². The first-order valence-corrected chi connectivity index (χ1v) is 5.69. The lowest BCUT2D eigenvalue weighted by molar-refractivity contribution is 0.198. The Morgan fingerprint density at radius 3 is 2.94 bits per heavy atom. The van der Waals surface area contributed by atoms with Crippen LogP contribution in [-0.2, 0) is 0 Å². The second kappa shape index (κ2) is 4.35. The topological polar surface area (TPSA) is 62.4 Å². The number of nitrogens with zero attached hydrogens (tertiary/aromatic N) is 2. The van der Waals surface area contributed by atoms with Gasteiger partial charge in [-0.1, -0.05) is 12.2 Å². The molecule has 0 aliphatic carbocycles. The van der Waals surface area contributed by atoms with Gasteiger partial charge in [-0.15, -0.1) is 0 Å². The first-order chi connectivity index (χ1) is 7.58. The Hall–Kier alpha value is -1.20. The minimum atomic E-state index is -0.276. The van der Waals surface area contributed by atoms with Crippen LogP contribution in [0.3, 0.4) is 0 Å². The van der Waals surface area contributed by atoms with E-state index in [1.165, 1.54) is 0 Å². The molecule has 1 saturated heterocycles. The number of aromatic nitrogens is 1. The van der Waals surface area contributed by atoms with E-state index in [1.54, 1.807) is 0 Å². The van der Waals surface area contributed by atoms with Crippen LogP contribution in [0.4, 0.5) is 5.82 Å². The van der Waals surface area contributed by atoms with Gasteiger partial charge in [0.05, 0.1) is 11.7 Å². The highest BCUT2D eigenvalue weighted by molar-refractivity contribution is 7.80. The van der Waals surface area contributed by atoms with Crippen LogP contribution in [-0.4, -0.2) is 34.3 Å². The SMILES string of the molecule is Cc1ccc(C(N)=S)c(N2CCC(O)C2)n1. The highest BCUT2D eigenvalue weighted by Crippen LogP contribution is 2.23. The van der Waals surface area contributed by atoms with Crippen LogP contribution in [0.15, 0.2) is 12.1 Å². The normalized spacial score (nSPS) is 20.1. The molecule has 86 valence electrons.